The maximum atomic E-state index is 11.9. The van der Waals surface area contributed by atoms with E-state index < -0.39 is 0 Å². The first-order valence-corrected chi connectivity index (χ1v) is 5.87. The summed E-state index contributed by atoms with van der Waals surface area (Å²) >= 11 is 3.24. The van der Waals surface area contributed by atoms with Crippen molar-refractivity contribution >= 4 is 33.2 Å². The lowest BCUT2D eigenvalue weighted by atomic mass is 10.2. The molecule has 0 saturated heterocycles. The normalized spacial score (nSPS) is 10.1. The van der Waals surface area contributed by atoms with E-state index in [1.54, 1.807) is 12.1 Å². The molecule has 1 aromatic carbocycles. The van der Waals surface area contributed by atoms with Crippen LogP contribution >= 0.6 is 15.9 Å². The fraction of sp³-hybridized carbons (Fsp3) is 0. The van der Waals surface area contributed by atoms with E-state index >= 15 is 0 Å². The number of aromatic nitrogens is 1. The van der Waals surface area contributed by atoms with Gasteiger partial charge in [-0.25, -0.2) is 4.98 Å². The van der Waals surface area contributed by atoms with E-state index in [4.69, 9.17) is 5.73 Å². The summed E-state index contributed by atoms with van der Waals surface area (Å²) in [6.45, 7) is 0. The van der Waals surface area contributed by atoms with Gasteiger partial charge in [0.05, 0.1) is 11.4 Å². The van der Waals surface area contributed by atoms with Gasteiger partial charge < -0.3 is 16.2 Å². The molecule has 18 heavy (non-hydrogen) atoms. The van der Waals surface area contributed by atoms with Gasteiger partial charge in [-0.3, -0.25) is 4.79 Å². The monoisotopic (exact) mass is 307 g/mol. The largest absolute Gasteiger partial charge is 0.508 e. The number of amides is 1. The first-order valence-electron chi connectivity index (χ1n) is 5.07. The van der Waals surface area contributed by atoms with Gasteiger partial charge in [-0.1, -0.05) is 0 Å². The van der Waals surface area contributed by atoms with Crippen LogP contribution in [0.3, 0.4) is 0 Å². The van der Waals surface area contributed by atoms with Crippen molar-refractivity contribution in [1.29, 1.82) is 0 Å². The molecule has 6 heteroatoms. The van der Waals surface area contributed by atoms with Crippen molar-refractivity contribution in [3.8, 4) is 5.75 Å². The predicted molar refractivity (Wildman–Crippen MR) is 72.4 cm³/mol. The van der Waals surface area contributed by atoms with Crippen LogP contribution in [0.4, 0.5) is 11.4 Å². The number of halogens is 1. The molecule has 92 valence electrons. The molecule has 0 spiro atoms. The second kappa shape index (κ2) is 5.05. The molecular formula is C12H10BrN3O2. The number of hydrogen-bond donors (Lipinski definition) is 3. The van der Waals surface area contributed by atoms with Gasteiger partial charge in [-0.2, -0.15) is 0 Å². The van der Waals surface area contributed by atoms with Crippen molar-refractivity contribution in [2.45, 2.75) is 0 Å². The Balaban J connectivity index is 2.21. The molecule has 2 rings (SSSR count). The summed E-state index contributed by atoms with van der Waals surface area (Å²) in [6.07, 6.45) is 1.53. The van der Waals surface area contributed by atoms with E-state index in [-0.39, 0.29) is 17.4 Å². The number of phenols is 1. The summed E-state index contributed by atoms with van der Waals surface area (Å²) in [5.41, 5.74) is 6.68. The highest BCUT2D eigenvalue weighted by atomic mass is 79.9. The molecule has 4 N–H and O–H groups in total. The molecule has 1 heterocycles. The van der Waals surface area contributed by atoms with Crippen LogP contribution in [0.25, 0.3) is 0 Å². The molecule has 1 amide bonds. The minimum absolute atomic E-state index is 0.0308. The standard InChI is InChI=1S/C12H10BrN3O2/c13-7-1-4-10(15-6-7)12(18)16-11-5-8(17)2-3-9(11)14/h1-6,17H,14H2,(H,16,18). The Morgan fingerprint density at radius 2 is 2.11 bits per heavy atom. The molecule has 0 unspecified atom stereocenters. The van der Waals surface area contributed by atoms with Crippen LogP contribution in [-0.4, -0.2) is 16.0 Å². The van der Waals surface area contributed by atoms with Crippen molar-refractivity contribution in [3.05, 3.63) is 46.7 Å². The van der Waals surface area contributed by atoms with Gasteiger partial charge in [0.2, 0.25) is 0 Å². The summed E-state index contributed by atoms with van der Waals surface area (Å²) in [6, 6.07) is 7.64. The number of nitrogens with two attached hydrogens (primary N) is 1. The molecule has 1 aromatic heterocycles. The number of nitrogens with zero attached hydrogens (tertiary/aromatic N) is 1. The van der Waals surface area contributed by atoms with Crippen LogP contribution < -0.4 is 11.1 Å². The van der Waals surface area contributed by atoms with Gasteiger partial charge >= 0.3 is 0 Å². The summed E-state index contributed by atoms with van der Waals surface area (Å²) in [5.74, 6) is -0.358. The minimum Gasteiger partial charge on any atom is -0.508 e. The number of carbonyl (C=O) groups excluding carboxylic acids is 1. The number of hydrogen-bond acceptors (Lipinski definition) is 4. The molecule has 0 aliphatic rings. The Labute approximate surface area is 112 Å². The van der Waals surface area contributed by atoms with Crippen molar-refractivity contribution in [2.24, 2.45) is 0 Å². The van der Waals surface area contributed by atoms with Gasteiger partial charge in [0.1, 0.15) is 11.4 Å². The highest BCUT2D eigenvalue weighted by Crippen LogP contribution is 2.24. The van der Waals surface area contributed by atoms with Gasteiger partial charge in [0.15, 0.2) is 0 Å². The van der Waals surface area contributed by atoms with Crippen LogP contribution in [0, 0.1) is 0 Å². The summed E-state index contributed by atoms with van der Waals surface area (Å²) in [7, 11) is 0. The zero-order chi connectivity index (χ0) is 13.1. The van der Waals surface area contributed by atoms with E-state index in [1.807, 2.05) is 0 Å². The van der Waals surface area contributed by atoms with Crippen molar-refractivity contribution < 1.29 is 9.90 Å². The summed E-state index contributed by atoms with van der Waals surface area (Å²) in [4.78, 5) is 15.8. The fourth-order valence-electron chi connectivity index (χ4n) is 1.35. The Hall–Kier alpha value is -2.08. The zero-order valence-electron chi connectivity index (χ0n) is 9.22. The summed E-state index contributed by atoms with van der Waals surface area (Å²) in [5, 5.41) is 11.9. The van der Waals surface area contributed by atoms with E-state index in [0.717, 1.165) is 4.47 Å². The Bertz CT molecular complexity index is 584. The Morgan fingerprint density at radius 1 is 1.33 bits per heavy atom. The average Bonchev–Trinajstić information content (AvgIpc) is 2.34. The lowest BCUT2D eigenvalue weighted by Crippen LogP contribution is -2.14. The molecule has 0 bridgehead atoms. The number of anilines is 2. The molecule has 0 saturated carbocycles. The number of nitrogen functional groups attached to an aromatic ring is 1. The second-order valence-corrected chi connectivity index (χ2v) is 4.50. The molecule has 0 aliphatic heterocycles. The number of pyridine rings is 1. The maximum absolute atomic E-state index is 11.9. The van der Waals surface area contributed by atoms with E-state index in [1.165, 1.54) is 24.4 Å². The topological polar surface area (TPSA) is 88.2 Å². The van der Waals surface area contributed by atoms with Crippen molar-refractivity contribution in [2.75, 3.05) is 11.1 Å². The first-order chi connectivity index (χ1) is 8.56. The third-order valence-corrected chi connectivity index (χ3v) is 2.71. The molecule has 0 radical (unpaired) electrons. The Morgan fingerprint density at radius 3 is 2.78 bits per heavy atom. The number of nitrogens with one attached hydrogen (secondary N) is 1. The molecule has 5 nitrogen and oxygen atoms in total. The number of phenolic OH excluding ortho intramolecular Hbond substituents is 1. The van der Waals surface area contributed by atoms with Crippen LogP contribution in [-0.2, 0) is 0 Å². The average molecular weight is 308 g/mol. The second-order valence-electron chi connectivity index (χ2n) is 3.59. The first kappa shape index (κ1) is 12.4. The van der Waals surface area contributed by atoms with Gasteiger partial charge in [-0.05, 0) is 40.2 Å². The molecular weight excluding hydrogens is 298 g/mol. The highest BCUT2D eigenvalue weighted by Gasteiger charge is 2.09. The molecule has 0 atom stereocenters. The molecule has 0 aliphatic carbocycles. The quantitative estimate of drug-likeness (QED) is 0.587. The van der Waals surface area contributed by atoms with E-state index in [9.17, 15) is 9.90 Å². The summed E-state index contributed by atoms with van der Waals surface area (Å²) < 4.78 is 0.788. The minimum atomic E-state index is -0.389. The Kier molecular flexibility index (Phi) is 3.47. The van der Waals surface area contributed by atoms with Crippen molar-refractivity contribution in [1.82, 2.24) is 4.98 Å². The lowest BCUT2D eigenvalue weighted by Gasteiger charge is -2.08. The van der Waals surface area contributed by atoms with Crippen LogP contribution in [0.2, 0.25) is 0 Å². The third-order valence-electron chi connectivity index (χ3n) is 2.25. The van der Waals surface area contributed by atoms with Crippen LogP contribution in [0.5, 0.6) is 5.75 Å². The molecule has 2 aromatic rings. The zero-order valence-corrected chi connectivity index (χ0v) is 10.8. The van der Waals surface area contributed by atoms with E-state index in [2.05, 4.69) is 26.2 Å². The number of aromatic hydroxyl groups is 1. The molecule has 0 fully saturated rings. The van der Waals surface area contributed by atoms with E-state index in [0.29, 0.717) is 11.4 Å². The number of carbonyl (C=O) groups is 1. The fourth-order valence-corrected chi connectivity index (χ4v) is 1.58. The van der Waals surface area contributed by atoms with Crippen LogP contribution in [0.1, 0.15) is 10.5 Å². The van der Waals surface area contributed by atoms with Gasteiger partial charge in [-0.15, -0.1) is 0 Å². The smallest absolute Gasteiger partial charge is 0.274 e. The van der Waals surface area contributed by atoms with Gasteiger partial charge in [0, 0.05) is 16.7 Å². The number of benzene rings is 1. The number of rotatable bonds is 2. The highest BCUT2D eigenvalue weighted by molar-refractivity contribution is 9.10. The van der Waals surface area contributed by atoms with Crippen molar-refractivity contribution in [3.63, 3.8) is 0 Å². The lowest BCUT2D eigenvalue weighted by molar-refractivity contribution is 0.102. The third kappa shape index (κ3) is 2.78. The predicted octanol–water partition coefficient (Wildman–Crippen LogP) is 2.38. The maximum Gasteiger partial charge on any atom is 0.274 e. The van der Waals surface area contributed by atoms with Gasteiger partial charge in [0.25, 0.3) is 5.91 Å². The van der Waals surface area contributed by atoms with Crippen LogP contribution in [0.15, 0.2) is 41.0 Å². The SMILES string of the molecule is Nc1ccc(O)cc1NC(=O)c1ccc(Br)cn1.